The lowest BCUT2D eigenvalue weighted by Gasteiger charge is -2.16. The lowest BCUT2D eigenvalue weighted by molar-refractivity contribution is 0.0990. The van der Waals surface area contributed by atoms with Crippen molar-refractivity contribution in [3.05, 3.63) is 77.4 Å². The minimum atomic E-state index is -0.276. The molecule has 0 atom stereocenters. The molecule has 2 amide bonds. The molecule has 0 aliphatic carbocycles. The van der Waals surface area contributed by atoms with Crippen LogP contribution in [0.3, 0.4) is 0 Å². The van der Waals surface area contributed by atoms with E-state index in [0.717, 1.165) is 5.56 Å². The molecule has 0 radical (unpaired) electrons. The fourth-order valence-electron chi connectivity index (χ4n) is 3.20. The molecular weight excluding hydrogens is 368 g/mol. The maximum Gasteiger partial charge on any atom is 0.261 e. The molecule has 0 saturated carbocycles. The van der Waals surface area contributed by atoms with Crippen molar-refractivity contribution in [1.82, 2.24) is 0 Å². The predicted octanol–water partition coefficient (Wildman–Crippen LogP) is 4.64. The molecule has 3 aromatic carbocycles. The van der Waals surface area contributed by atoms with E-state index in [1.54, 1.807) is 61.5 Å². The molecule has 6 nitrogen and oxygen atoms in total. The Morgan fingerprint density at radius 3 is 2.48 bits per heavy atom. The van der Waals surface area contributed by atoms with Crippen molar-refractivity contribution in [1.29, 1.82) is 0 Å². The number of carbonyl (C=O) groups excluding carboxylic acids is 2. The van der Waals surface area contributed by atoms with Crippen molar-refractivity contribution >= 4 is 23.2 Å². The Hall–Kier alpha value is -3.80. The molecular formula is C23H20N2O4. The van der Waals surface area contributed by atoms with Gasteiger partial charge < -0.3 is 19.7 Å². The summed E-state index contributed by atoms with van der Waals surface area (Å²) in [6.07, 6.45) is 0. The third kappa shape index (κ3) is 3.52. The van der Waals surface area contributed by atoms with Crippen LogP contribution in [0.4, 0.5) is 11.4 Å². The van der Waals surface area contributed by atoms with E-state index >= 15 is 0 Å². The van der Waals surface area contributed by atoms with Crippen LogP contribution in [0.1, 0.15) is 26.3 Å². The lowest BCUT2D eigenvalue weighted by Crippen LogP contribution is -2.25. The minimum Gasteiger partial charge on any atom is -0.497 e. The first kappa shape index (κ1) is 18.6. The number of amides is 2. The monoisotopic (exact) mass is 388 g/mol. The number of anilines is 2. The van der Waals surface area contributed by atoms with Gasteiger partial charge in [0.1, 0.15) is 11.5 Å². The quantitative estimate of drug-likeness (QED) is 0.710. The van der Waals surface area contributed by atoms with Crippen molar-refractivity contribution < 1.29 is 19.1 Å². The zero-order valence-electron chi connectivity index (χ0n) is 16.4. The number of carbonyl (C=O) groups is 2. The second kappa shape index (κ2) is 7.31. The summed E-state index contributed by atoms with van der Waals surface area (Å²) in [7, 11) is 3.28. The first-order valence-electron chi connectivity index (χ1n) is 9.12. The van der Waals surface area contributed by atoms with Crippen molar-refractivity contribution in [3.63, 3.8) is 0 Å². The summed E-state index contributed by atoms with van der Waals surface area (Å²) < 4.78 is 11.1. The first-order valence-corrected chi connectivity index (χ1v) is 9.12. The summed E-state index contributed by atoms with van der Waals surface area (Å²) in [6, 6.07) is 17.5. The van der Waals surface area contributed by atoms with E-state index in [1.807, 2.05) is 25.1 Å². The highest BCUT2D eigenvalue weighted by atomic mass is 16.5. The number of nitrogens with zero attached hydrogens (tertiary/aromatic N) is 1. The molecule has 0 spiro atoms. The average Bonchev–Trinajstić information content (AvgIpc) is 2.83. The molecule has 0 fully saturated rings. The molecule has 4 rings (SSSR count). The highest BCUT2D eigenvalue weighted by molar-refractivity contribution is 6.11. The Balaban J connectivity index is 1.63. The number of rotatable bonds is 3. The van der Waals surface area contributed by atoms with Gasteiger partial charge in [-0.2, -0.15) is 0 Å². The Bertz CT molecular complexity index is 1110. The molecule has 6 heteroatoms. The van der Waals surface area contributed by atoms with E-state index in [4.69, 9.17) is 9.47 Å². The summed E-state index contributed by atoms with van der Waals surface area (Å²) >= 11 is 0. The number of aryl methyl sites for hydroxylation is 1. The van der Waals surface area contributed by atoms with Gasteiger partial charge in [-0.1, -0.05) is 6.07 Å². The van der Waals surface area contributed by atoms with Gasteiger partial charge in [0.15, 0.2) is 5.75 Å². The summed E-state index contributed by atoms with van der Waals surface area (Å²) in [6.45, 7) is 1.97. The first-order chi connectivity index (χ1) is 14.0. The maximum absolute atomic E-state index is 13.0. The summed E-state index contributed by atoms with van der Waals surface area (Å²) in [5.41, 5.74) is 3.12. The van der Waals surface area contributed by atoms with Crippen LogP contribution in [-0.4, -0.2) is 26.0 Å². The van der Waals surface area contributed by atoms with Gasteiger partial charge in [-0.3, -0.25) is 9.59 Å². The molecule has 1 heterocycles. The zero-order valence-corrected chi connectivity index (χ0v) is 16.4. The van der Waals surface area contributed by atoms with Gasteiger partial charge in [-0.05, 0) is 67.1 Å². The Morgan fingerprint density at radius 2 is 1.76 bits per heavy atom. The molecule has 1 N–H and O–H groups in total. The number of methoxy groups -OCH3 is 1. The van der Waals surface area contributed by atoms with Gasteiger partial charge in [0, 0.05) is 18.3 Å². The number of fused-ring (bicyclic) bond motifs is 2. The van der Waals surface area contributed by atoms with Gasteiger partial charge in [0.2, 0.25) is 0 Å². The standard InChI is InChI=1S/C23H20N2O4/c1-14-4-10-19-21(12-14)29-20-11-7-16(13-18(20)23(27)25(19)2)24-22(26)15-5-8-17(28-3)9-6-15/h4-13H,1-3H3,(H,24,26). The third-order valence-corrected chi connectivity index (χ3v) is 4.82. The number of hydrogen-bond acceptors (Lipinski definition) is 4. The normalized spacial score (nSPS) is 12.4. The van der Waals surface area contributed by atoms with Gasteiger partial charge >= 0.3 is 0 Å². The van der Waals surface area contributed by atoms with Gasteiger partial charge in [-0.15, -0.1) is 0 Å². The van der Waals surface area contributed by atoms with E-state index in [9.17, 15) is 9.59 Å². The van der Waals surface area contributed by atoms with Crippen molar-refractivity contribution in [2.45, 2.75) is 6.92 Å². The number of ether oxygens (including phenoxy) is 2. The molecule has 29 heavy (non-hydrogen) atoms. The van der Waals surface area contributed by atoms with Crippen LogP contribution in [-0.2, 0) is 0 Å². The van der Waals surface area contributed by atoms with E-state index in [0.29, 0.717) is 39.8 Å². The minimum absolute atomic E-state index is 0.205. The Morgan fingerprint density at radius 1 is 1.00 bits per heavy atom. The van der Waals surface area contributed by atoms with E-state index < -0.39 is 0 Å². The summed E-state index contributed by atoms with van der Waals surface area (Å²) in [4.78, 5) is 27.1. The molecule has 0 unspecified atom stereocenters. The molecule has 0 aromatic heterocycles. The number of nitrogens with one attached hydrogen (secondary N) is 1. The lowest BCUT2D eigenvalue weighted by atomic mass is 10.1. The molecule has 1 aliphatic rings. The molecule has 146 valence electrons. The number of hydrogen-bond donors (Lipinski definition) is 1. The molecule has 1 aliphatic heterocycles. The van der Waals surface area contributed by atoms with Crippen LogP contribution in [0.2, 0.25) is 0 Å². The SMILES string of the molecule is COc1ccc(C(=O)Nc2ccc3c(c2)C(=O)N(C)c2ccc(C)cc2O3)cc1. The van der Waals surface area contributed by atoms with Crippen molar-refractivity contribution in [3.8, 4) is 17.2 Å². The third-order valence-electron chi connectivity index (χ3n) is 4.82. The van der Waals surface area contributed by atoms with Crippen LogP contribution < -0.4 is 19.7 Å². The Kier molecular flexibility index (Phi) is 4.68. The fourth-order valence-corrected chi connectivity index (χ4v) is 3.20. The second-order valence-corrected chi connectivity index (χ2v) is 6.83. The van der Waals surface area contributed by atoms with E-state index in [2.05, 4.69) is 5.32 Å². The second-order valence-electron chi connectivity index (χ2n) is 6.83. The van der Waals surface area contributed by atoms with Crippen LogP contribution >= 0.6 is 0 Å². The average molecular weight is 388 g/mol. The van der Waals surface area contributed by atoms with Crippen molar-refractivity contribution in [2.75, 3.05) is 24.4 Å². The Labute approximate surface area is 168 Å². The van der Waals surface area contributed by atoms with E-state index in [1.165, 1.54) is 0 Å². The molecule has 0 bridgehead atoms. The maximum atomic E-state index is 13.0. The zero-order chi connectivity index (χ0) is 20.5. The largest absolute Gasteiger partial charge is 0.497 e. The summed E-state index contributed by atoms with van der Waals surface area (Å²) in [5.74, 6) is 1.26. The summed E-state index contributed by atoms with van der Waals surface area (Å²) in [5, 5.41) is 2.83. The van der Waals surface area contributed by atoms with Crippen molar-refractivity contribution in [2.24, 2.45) is 0 Å². The fraction of sp³-hybridized carbons (Fsp3) is 0.130. The van der Waals surface area contributed by atoms with Gasteiger partial charge in [0.25, 0.3) is 11.8 Å². The predicted molar refractivity (Wildman–Crippen MR) is 111 cm³/mol. The number of benzene rings is 3. The highest BCUT2D eigenvalue weighted by Crippen LogP contribution is 2.39. The highest BCUT2D eigenvalue weighted by Gasteiger charge is 2.26. The smallest absolute Gasteiger partial charge is 0.261 e. The van der Waals surface area contributed by atoms with Crippen LogP contribution in [0.15, 0.2) is 60.7 Å². The van der Waals surface area contributed by atoms with Crippen LogP contribution in [0.25, 0.3) is 0 Å². The van der Waals surface area contributed by atoms with Crippen LogP contribution in [0.5, 0.6) is 17.2 Å². The topological polar surface area (TPSA) is 67.9 Å². The van der Waals surface area contributed by atoms with Gasteiger partial charge in [0.05, 0.1) is 18.4 Å². The molecule has 0 saturated heterocycles. The molecule has 3 aromatic rings. The van der Waals surface area contributed by atoms with Gasteiger partial charge in [-0.25, -0.2) is 0 Å². The van der Waals surface area contributed by atoms with E-state index in [-0.39, 0.29) is 11.8 Å². The van der Waals surface area contributed by atoms with Crippen LogP contribution in [0, 0.1) is 6.92 Å².